The molecule has 0 atom stereocenters. The second-order valence-electron chi connectivity index (χ2n) is 5.40. The van der Waals surface area contributed by atoms with Gasteiger partial charge in [0, 0.05) is 33.8 Å². The third kappa shape index (κ3) is 3.14. The Morgan fingerprint density at radius 1 is 1.31 bits per heavy atom. The minimum absolute atomic E-state index is 0.194. The van der Waals surface area contributed by atoms with Crippen molar-refractivity contribution >= 4 is 40.1 Å². The number of hydrogen-bond donors (Lipinski definition) is 2. The van der Waals surface area contributed by atoms with Gasteiger partial charge in [-0.2, -0.15) is 5.26 Å². The maximum absolute atomic E-state index is 12.7. The number of benzene rings is 2. The van der Waals surface area contributed by atoms with Gasteiger partial charge in [0.1, 0.15) is 11.6 Å². The molecular weight excluding hydrogens is 358 g/mol. The van der Waals surface area contributed by atoms with E-state index in [1.807, 2.05) is 6.07 Å². The number of ketones is 1. The molecule has 0 aliphatic carbocycles. The molecule has 0 fully saturated rings. The number of hydrogen-bond acceptors (Lipinski definition) is 5. The molecule has 0 unspecified atom stereocenters. The number of allylic oxidation sites excluding steroid dienone is 1. The summed E-state index contributed by atoms with van der Waals surface area (Å²) in [6.45, 7) is 0. The van der Waals surface area contributed by atoms with E-state index in [1.165, 1.54) is 18.3 Å². The quantitative estimate of drug-likeness (QED) is 0.235. The molecule has 3 rings (SSSR count). The van der Waals surface area contributed by atoms with E-state index in [1.54, 1.807) is 18.2 Å². The Labute approximate surface area is 151 Å². The smallest absolute Gasteiger partial charge is 0.311 e. The fraction of sp³-hybridized carbons (Fsp3) is 0. The predicted octanol–water partition coefficient (Wildman–Crippen LogP) is 4.22. The van der Waals surface area contributed by atoms with Crippen LogP contribution in [0.2, 0.25) is 5.02 Å². The lowest BCUT2D eigenvalue weighted by Crippen LogP contribution is -2.01. The number of aromatic nitrogens is 1. The van der Waals surface area contributed by atoms with Gasteiger partial charge in [-0.05, 0) is 29.8 Å². The highest BCUT2D eigenvalue weighted by atomic mass is 35.5. The molecule has 0 saturated carbocycles. The first-order valence-corrected chi connectivity index (χ1v) is 7.69. The average Bonchev–Trinajstić information content (AvgIpc) is 3.03. The van der Waals surface area contributed by atoms with Gasteiger partial charge in [-0.25, -0.2) is 0 Å². The summed E-state index contributed by atoms with van der Waals surface area (Å²) in [5.74, 6) is -1.03. The lowest BCUT2D eigenvalue weighted by molar-refractivity contribution is -0.385. The Morgan fingerprint density at radius 2 is 2.08 bits per heavy atom. The van der Waals surface area contributed by atoms with Gasteiger partial charge in [0.05, 0.1) is 4.92 Å². The number of carbonyl (C=O) groups excluding carboxylic acids is 1. The summed E-state index contributed by atoms with van der Waals surface area (Å²) < 4.78 is 0. The summed E-state index contributed by atoms with van der Waals surface area (Å²) in [5, 5.41) is 30.9. The van der Waals surface area contributed by atoms with Crippen molar-refractivity contribution in [1.82, 2.24) is 4.98 Å². The van der Waals surface area contributed by atoms with Gasteiger partial charge in [0.15, 0.2) is 5.75 Å². The highest BCUT2D eigenvalue weighted by molar-refractivity contribution is 6.31. The van der Waals surface area contributed by atoms with Gasteiger partial charge in [0.25, 0.3) is 0 Å². The molecule has 0 amide bonds. The van der Waals surface area contributed by atoms with E-state index >= 15 is 0 Å². The Kier molecular flexibility index (Phi) is 4.43. The number of phenolic OH excluding ortho intramolecular Hbond substituents is 1. The number of nitro benzene ring substituents is 1. The first kappa shape index (κ1) is 17.2. The lowest BCUT2D eigenvalue weighted by Gasteiger charge is -2.01. The molecule has 0 aliphatic heterocycles. The van der Waals surface area contributed by atoms with Crippen LogP contribution in [0.3, 0.4) is 0 Å². The molecule has 1 heterocycles. The fourth-order valence-corrected chi connectivity index (χ4v) is 2.70. The molecule has 128 valence electrons. The number of nitro groups is 1. The topological polar surface area (TPSA) is 120 Å². The van der Waals surface area contributed by atoms with Crippen LogP contribution in [0.1, 0.15) is 15.9 Å². The minimum atomic E-state index is -0.746. The molecule has 0 saturated heterocycles. The fourth-order valence-electron chi connectivity index (χ4n) is 2.52. The van der Waals surface area contributed by atoms with Crippen LogP contribution in [-0.2, 0) is 0 Å². The summed E-state index contributed by atoms with van der Waals surface area (Å²) in [6.07, 6.45) is 2.72. The first-order valence-electron chi connectivity index (χ1n) is 7.31. The monoisotopic (exact) mass is 367 g/mol. The number of phenols is 1. The van der Waals surface area contributed by atoms with E-state index in [-0.39, 0.29) is 16.7 Å². The predicted molar refractivity (Wildman–Crippen MR) is 96.0 cm³/mol. The summed E-state index contributed by atoms with van der Waals surface area (Å²) in [7, 11) is 0. The van der Waals surface area contributed by atoms with Crippen molar-refractivity contribution < 1.29 is 14.8 Å². The SMILES string of the molecule is N#C/C(=C\c1ccc(O)c([N+](=O)[O-])c1)C(=O)c1c[nH]c2cc(Cl)ccc12. The van der Waals surface area contributed by atoms with Crippen molar-refractivity contribution in [3.63, 3.8) is 0 Å². The zero-order chi connectivity index (χ0) is 18.8. The molecule has 2 N–H and O–H groups in total. The number of carbonyl (C=O) groups is 1. The number of nitrogens with one attached hydrogen (secondary N) is 1. The molecule has 0 radical (unpaired) electrons. The van der Waals surface area contributed by atoms with Crippen LogP contribution in [0, 0.1) is 21.4 Å². The molecular formula is C18H10ClN3O4. The zero-order valence-electron chi connectivity index (χ0n) is 13.1. The van der Waals surface area contributed by atoms with E-state index in [0.717, 1.165) is 12.1 Å². The Morgan fingerprint density at radius 3 is 2.77 bits per heavy atom. The van der Waals surface area contributed by atoms with Crippen LogP contribution in [0.25, 0.3) is 17.0 Å². The van der Waals surface area contributed by atoms with Gasteiger partial charge >= 0.3 is 5.69 Å². The van der Waals surface area contributed by atoms with Gasteiger partial charge in [-0.1, -0.05) is 23.7 Å². The van der Waals surface area contributed by atoms with Gasteiger partial charge in [-0.15, -0.1) is 0 Å². The van der Waals surface area contributed by atoms with Crippen molar-refractivity contribution in [2.24, 2.45) is 0 Å². The molecule has 1 aromatic heterocycles. The molecule has 3 aromatic rings. The number of Topliss-reactive ketones (excluding diaryl/α,β-unsaturated/α-hetero) is 1. The second kappa shape index (κ2) is 6.70. The van der Waals surface area contributed by atoms with E-state index in [9.17, 15) is 25.3 Å². The Hall–Kier alpha value is -3.63. The normalized spacial score (nSPS) is 11.3. The van der Waals surface area contributed by atoms with Crippen LogP contribution in [-0.4, -0.2) is 20.8 Å². The molecule has 26 heavy (non-hydrogen) atoms. The zero-order valence-corrected chi connectivity index (χ0v) is 13.8. The lowest BCUT2D eigenvalue weighted by atomic mass is 10.0. The number of nitrogens with zero attached hydrogens (tertiary/aromatic N) is 2. The summed E-state index contributed by atoms with van der Waals surface area (Å²) >= 11 is 5.91. The van der Waals surface area contributed by atoms with Crippen LogP contribution in [0.15, 0.2) is 48.2 Å². The summed E-state index contributed by atoms with van der Waals surface area (Å²) in [5.41, 5.74) is 0.490. The standard InChI is InChI=1S/C18H10ClN3O4/c19-12-2-3-13-14(9-21-15(13)7-12)18(24)11(8-20)5-10-1-4-17(23)16(6-10)22(25)26/h1-7,9,21,23H/b11-5+. The third-order valence-electron chi connectivity index (χ3n) is 3.76. The molecule has 0 bridgehead atoms. The number of fused-ring (bicyclic) bond motifs is 1. The number of aromatic amines is 1. The van der Waals surface area contributed by atoms with E-state index in [2.05, 4.69) is 4.98 Å². The van der Waals surface area contributed by atoms with E-state index in [4.69, 9.17) is 11.6 Å². The Balaban J connectivity index is 2.04. The number of rotatable bonds is 4. The van der Waals surface area contributed by atoms with Crippen molar-refractivity contribution in [3.8, 4) is 11.8 Å². The van der Waals surface area contributed by atoms with E-state index < -0.39 is 22.1 Å². The maximum atomic E-state index is 12.7. The molecule has 8 heteroatoms. The second-order valence-corrected chi connectivity index (χ2v) is 5.83. The maximum Gasteiger partial charge on any atom is 0.311 e. The van der Waals surface area contributed by atoms with Crippen LogP contribution >= 0.6 is 11.6 Å². The molecule has 7 nitrogen and oxygen atoms in total. The molecule has 2 aromatic carbocycles. The highest BCUT2D eigenvalue weighted by Crippen LogP contribution is 2.28. The number of nitriles is 1. The number of aromatic hydroxyl groups is 1. The van der Waals surface area contributed by atoms with Gasteiger partial charge in [0.2, 0.25) is 5.78 Å². The Bertz CT molecular complexity index is 1130. The largest absolute Gasteiger partial charge is 0.502 e. The third-order valence-corrected chi connectivity index (χ3v) is 4.00. The number of H-pyrrole nitrogens is 1. The first-order chi connectivity index (χ1) is 12.4. The van der Waals surface area contributed by atoms with Crippen molar-refractivity contribution in [1.29, 1.82) is 5.26 Å². The van der Waals surface area contributed by atoms with Crippen LogP contribution in [0.4, 0.5) is 5.69 Å². The van der Waals surface area contributed by atoms with Crippen LogP contribution < -0.4 is 0 Å². The average molecular weight is 368 g/mol. The van der Waals surface area contributed by atoms with Crippen molar-refractivity contribution in [2.45, 2.75) is 0 Å². The van der Waals surface area contributed by atoms with Gasteiger partial charge < -0.3 is 10.1 Å². The van der Waals surface area contributed by atoms with Crippen molar-refractivity contribution in [2.75, 3.05) is 0 Å². The molecule has 0 spiro atoms. The van der Waals surface area contributed by atoms with E-state index in [0.29, 0.717) is 15.9 Å². The summed E-state index contributed by atoms with van der Waals surface area (Å²) in [6, 6.07) is 10.4. The minimum Gasteiger partial charge on any atom is -0.502 e. The summed E-state index contributed by atoms with van der Waals surface area (Å²) in [4.78, 5) is 25.8. The highest BCUT2D eigenvalue weighted by Gasteiger charge is 2.18. The van der Waals surface area contributed by atoms with Crippen LogP contribution in [0.5, 0.6) is 5.75 Å². The van der Waals surface area contributed by atoms with Gasteiger partial charge in [-0.3, -0.25) is 14.9 Å². The molecule has 0 aliphatic rings. The van der Waals surface area contributed by atoms with Crippen molar-refractivity contribution in [3.05, 3.63) is 74.4 Å². The number of halogens is 1.